The molecule has 7 nitrogen and oxygen atoms in total. The standard InChI is InChI=1S/C21H24N2O5/c1-14-2-6-16(7-3-14)22-20(25)13-23-11-18(24)19(12-23)28-17-8-4-15(5-9-17)10-21(26)27/h2-9,18-19,24H,10-13H2,1H3,(H,22,25)(H,26,27)/t18-,19-/m1/s1. The zero-order chi connectivity index (χ0) is 20.1. The van der Waals surface area contributed by atoms with Crippen LogP contribution in [0, 0.1) is 6.92 Å². The second kappa shape index (κ2) is 8.86. The molecule has 0 aromatic heterocycles. The number of carboxylic acid groups (broad SMARTS) is 1. The molecule has 1 saturated heterocycles. The summed E-state index contributed by atoms with van der Waals surface area (Å²) >= 11 is 0. The van der Waals surface area contributed by atoms with Crippen LogP contribution in [-0.2, 0) is 16.0 Å². The van der Waals surface area contributed by atoms with Gasteiger partial charge in [-0.2, -0.15) is 0 Å². The highest BCUT2D eigenvalue weighted by Gasteiger charge is 2.33. The van der Waals surface area contributed by atoms with Gasteiger partial charge >= 0.3 is 5.97 Å². The van der Waals surface area contributed by atoms with Gasteiger partial charge in [-0.1, -0.05) is 29.8 Å². The number of benzene rings is 2. The minimum absolute atomic E-state index is 0.0454. The first-order valence-electron chi connectivity index (χ1n) is 9.13. The van der Waals surface area contributed by atoms with Crippen molar-refractivity contribution >= 4 is 17.6 Å². The van der Waals surface area contributed by atoms with Crippen LogP contribution in [0.15, 0.2) is 48.5 Å². The molecular formula is C21H24N2O5. The maximum absolute atomic E-state index is 12.2. The predicted molar refractivity (Wildman–Crippen MR) is 104 cm³/mol. The summed E-state index contributed by atoms with van der Waals surface area (Å²) in [5, 5.41) is 21.9. The SMILES string of the molecule is Cc1ccc(NC(=O)CN2C[C@@H](O)[C@H](Oc3ccc(CC(=O)O)cc3)C2)cc1. The third-order valence-corrected chi connectivity index (χ3v) is 4.58. The molecule has 28 heavy (non-hydrogen) atoms. The number of ether oxygens (including phenoxy) is 1. The van der Waals surface area contributed by atoms with Crippen molar-refractivity contribution in [3.63, 3.8) is 0 Å². The fourth-order valence-corrected chi connectivity index (χ4v) is 3.15. The van der Waals surface area contributed by atoms with Gasteiger partial charge in [0.15, 0.2) is 0 Å². The van der Waals surface area contributed by atoms with Crippen LogP contribution in [0.2, 0.25) is 0 Å². The summed E-state index contributed by atoms with van der Waals surface area (Å²) in [5.74, 6) is -0.474. The number of likely N-dealkylation sites (tertiary alicyclic amines) is 1. The number of aliphatic hydroxyl groups is 1. The summed E-state index contributed by atoms with van der Waals surface area (Å²) in [4.78, 5) is 24.8. The lowest BCUT2D eigenvalue weighted by atomic mass is 10.1. The molecule has 2 aromatic carbocycles. The first-order chi connectivity index (χ1) is 13.4. The number of aliphatic hydroxyl groups excluding tert-OH is 1. The molecule has 0 unspecified atom stereocenters. The summed E-state index contributed by atoms with van der Waals surface area (Å²) in [7, 11) is 0. The highest BCUT2D eigenvalue weighted by atomic mass is 16.5. The van der Waals surface area contributed by atoms with Crippen LogP contribution in [0.3, 0.4) is 0 Å². The van der Waals surface area contributed by atoms with Gasteiger partial charge in [-0.05, 0) is 36.8 Å². The lowest BCUT2D eigenvalue weighted by Gasteiger charge is -2.17. The Hall–Kier alpha value is -2.90. The quantitative estimate of drug-likeness (QED) is 0.672. The van der Waals surface area contributed by atoms with Crippen LogP contribution < -0.4 is 10.1 Å². The van der Waals surface area contributed by atoms with E-state index in [2.05, 4.69) is 5.32 Å². The number of β-amino-alcohol motifs (C(OH)–C–C–N with tert-alkyl or cyclic N) is 1. The Morgan fingerprint density at radius 3 is 2.43 bits per heavy atom. The van der Waals surface area contributed by atoms with Crippen LogP contribution in [0.25, 0.3) is 0 Å². The predicted octanol–water partition coefficient (Wildman–Crippen LogP) is 1.68. The fraction of sp³-hybridized carbons (Fsp3) is 0.333. The minimum atomic E-state index is -0.889. The minimum Gasteiger partial charge on any atom is -0.486 e. The highest BCUT2D eigenvalue weighted by molar-refractivity contribution is 5.92. The van der Waals surface area contributed by atoms with E-state index in [1.807, 2.05) is 36.1 Å². The van der Waals surface area contributed by atoms with Crippen LogP contribution in [0.5, 0.6) is 5.75 Å². The van der Waals surface area contributed by atoms with Crippen molar-refractivity contribution < 1.29 is 24.5 Å². The van der Waals surface area contributed by atoms with Gasteiger partial charge in [0, 0.05) is 18.8 Å². The molecule has 0 spiro atoms. The van der Waals surface area contributed by atoms with E-state index in [1.165, 1.54) is 0 Å². The lowest BCUT2D eigenvalue weighted by molar-refractivity contribution is -0.136. The van der Waals surface area contributed by atoms with Gasteiger partial charge in [0.2, 0.25) is 5.91 Å². The van der Waals surface area contributed by atoms with Crippen LogP contribution in [-0.4, -0.2) is 58.8 Å². The molecule has 1 fully saturated rings. The smallest absolute Gasteiger partial charge is 0.307 e. The molecule has 2 aromatic rings. The number of aliphatic carboxylic acids is 1. The van der Waals surface area contributed by atoms with E-state index in [0.717, 1.165) is 11.3 Å². The Morgan fingerprint density at radius 1 is 1.11 bits per heavy atom. The molecule has 0 bridgehead atoms. The molecule has 3 N–H and O–H groups in total. The van der Waals surface area contributed by atoms with Gasteiger partial charge in [-0.15, -0.1) is 0 Å². The number of carbonyl (C=O) groups is 2. The van der Waals surface area contributed by atoms with Crippen molar-refractivity contribution in [2.75, 3.05) is 25.0 Å². The van der Waals surface area contributed by atoms with Gasteiger partial charge < -0.3 is 20.3 Å². The summed E-state index contributed by atoms with van der Waals surface area (Å²) in [6, 6.07) is 14.3. The second-order valence-corrected chi connectivity index (χ2v) is 7.05. The number of aryl methyl sites for hydroxylation is 1. The third kappa shape index (κ3) is 5.55. The van der Waals surface area contributed by atoms with E-state index in [0.29, 0.717) is 24.4 Å². The van der Waals surface area contributed by atoms with Crippen molar-refractivity contribution in [2.24, 2.45) is 0 Å². The van der Waals surface area contributed by atoms with Gasteiger partial charge in [-0.25, -0.2) is 0 Å². The average Bonchev–Trinajstić information content (AvgIpc) is 2.97. The summed E-state index contributed by atoms with van der Waals surface area (Å²) in [6.45, 7) is 2.93. The molecule has 0 aliphatic carbocycles. The lowest BCUT2D eigenvalue weighted by Crippen LogP contribution is -2.33. The zero-order valence-corrected chi connectivity index (χ0v) is 15.7. The van der Waals surface area contributed by atoms with E-state index in [1.54, 1.807) is 24.3 Å². The van der Waals surface area contributed by atoms with Gasteiger partial charge in [0.05, 0.1) is 13.0 Å². The first kappa shape index (κ1) is 19.9. The number of hydrogen-bond donors (Lipinski definition) is 3. The monoisotopic (exact) mass is 384 g/mol. The zero-order valence-electron chi connectivity index (χ0n) is 15.7. The molecule has 7 heteroatoms. The maximum atomic E-state index is 12.2. The Bertz CT molecular complexity index is 820. The van der Waals surface area contributed by atoms with Crippen molar-refractivity contribution in [2.45, 2.75) is 25.6 Å². The van der Waals surface area contributed by atoms with E-state index < -0.39 is 18.2 Å². The molecular weight excluding hydrogens is 360 g/mol. The number of amides is 1. The van der Waals surface area contributed by atoms with E-state index in [-0.39, 0.29) is 18.9 Å². The molecule has 1 heterocycles. The van der Waals surface area contributed by atoms with Crippen molar-refractivity contribution in [3.8, 4) is 5.75 Å². The van der Waals surface area contributed by atoms with Crippen molar-refractivity contribution in [3.05, 3.63) is 59.7 Å². The first-order valence-corrected chi connectivity index (χ1v) is 9.13. The second-order valence-electron chi connectivity index (χ2n) is 7.05. The van der Waals surface area contributed by atoms with Crippen LogP contribution >= 0.6 is 0 Å². The van der Waals surface area contributed by atoms with E-state index >= 15 is 0 Å². The number of nitrogens with one attached hydrogen (secondary N) is 1. The van der Waals surface area contributed by atoms with Gasteiger partial charge in [0.25, 0.3) is 0 Å². The maximum Gasteiger partial charge on any atom is 0.307 e. The van der Waals surface area contributed by atoms with Crippen molar-refractivity contribution in [1.29, 1.82) is 0 Å². The molecule has 1 aliphatic heterocycles. The van der Waals surface area contributed by atoms with E-state index in [9.17, 15) is 14.7 Å². The summed E-state index contributed by atoms with van der Waals surface area (Å²) < 4.78 is 5.82. The number of nitrogens with zero attached hydrogens (tertiary/aromatic N) is 1. The number of hydrogen-bond acceptors (Lipinski definition) is 5. The van der Waals surface area contributed by atoms with Crippen LogP contribution in [0.1, 0.15) is 11.1 Å². The normalized spacial score (nSPS) is 19.4. The fourth-order valence-electron chi connectivity index (χ4n) is 3.15. The molecule has 3 rings (SSSR count). The Kier molecular flexibility index (Phi) is 6.28. The number of rotatable bonds is 7. The molecule has 148 valence electrons. The topological polar surface area (TPSA) is 99.1 Å². The van der Waals surface area contributed by atoms with Gasteiger partial charge in [0.1, 0.15) is 18.0 Å². The number of carbonyl (C=O) groups excluding carboxylic acids is 1. The van der Waals surface area contributed by atoms with Crippen LogP contribution in [0.4, 0.5) is 5.69 Å². The third-order valence-electron chi connectivity index (χ3n) is 4.58. The average molecular weight is 384 g/mol. The molecule has 1 aliphatic rings. The molecule has 0 saturated carbocycles. The summed E-state index contributed by atoms with van der Waals surface area (Å²) in [5.41, 5.74) is 2.54. The van der Waals surface area contributed by atoms with Gasteiger partial charge in [-0.3, -0.25) is 14.5 Å². The highest BCUT2D eigenvalue weighted by Crippen LogP contribution is 2.20. The number of anilines is 1. The van der Waals surface area contributed by atoms with Crippen molar-refractivity contribution in [1.82, 2.24) is 4.90 Å². The van der Waals surface area contributed by atoms with E-state index in [4.69, 9.17) is 9.84 Å². The molecule has 2 atom stereocenters. The largest absolute Gasteiger partial charge is 0.486 e. The molecule has 0 radical (unpaired) electrons. The summed E-state index contributed by atoms with van der Waals surface area (Å²) in [6.07, 6.45) is -1.20. The Balaban J connectivity index is 1.50. The number of carboxylic acids is 1. The Morgan fingerprint density at radius 2 is 1.79 bits per heavy atom. The Labute approximate surface area is 163 Å². The molecule has 1 amide bonds.